The molecule has 1 aliphatic heterocycles. The fourth-order valence-corrected chi connectivity index (χ4v) is 4.62. The maximum Gasteiger partial charge on any atom is 0.257 e. The van der Waals surface area contributed by atoms with Gasteiger partial charge >= 0.3 is 0 Å². The molecule has 1 saturated heterocycles. The third-order valence-electron chi connectivity index (χ3n) is 6.19. The van der Waals surface area contributed by atoms with E-state index in [1.165, 1.54) is 11.1 Å². The fourth-order valence-electron chi connectivity index (χ4n) is 4.62. The van der Waals surface area contributed by atoms with Crippen LogP contribution in [0.1, 0.15) is 34.3 Å². The summed E-state index contributed by atoms with van der Waals surface area (Å²) in [4.78, 5) is 14.9. The van der Waals surface area contributed by atoms with Crippen LogP contribution < -0.4 is 9.47 Å². The van der Waals surface area contributed by atoms with Crippen molar-refractivity contribution < 1.29 is 19.4 Å². The molecule has 1 atom stereocenters. The molecular weight excluding hydrogens is 342 g/mol. The number of rotatable bonds is 3. The summed E-state index contributed by atoms with van der Waals surface area (Å²) in [6.07, 6.45) is 1.88. The number of nitrogens with zero attached hydrogens (tertiary/aromatic N) is 1. The summed E-state index contributed by atoms with van der Waals surface area (Å²) in [5.74, 6) is 1.14. The summed E-state index contributed by atoms with van der Waals surface area (Å²) in [6, 6.07) is 13.6. The summed E-state index contributed by atoms with van der Waals surface area (Å²) < 4.78 is 10.6. The molecule has 142 valence electrons. The zero-order chi connectivity index (χ0) is 19.0. The second-order valence-electron chi connectivity index (χ2n) is 7.39. The van der Waals surface area contributed by atoms with Crippen LogP contribution >= 0.6 is 0 Å². The number of methoxy groups -OCH3 is 2. The highest BCUT2D eigenvalue weighted by Gasteiger charge is 2.48. The van der Waals surface area contributed by atoms with Gasteiger partial charge in [0.05, 0.1) is 25.9 Å². The molecule has 2 aromatic carbocycles. The molecule has 0 aromatic heterocycles. The number of benzene rings is 2. The van der Waals surface area contributed by atoms with Crippen molar-refractivity contribution >= 4 is 5.91 Å². The maximum absolute atomic E-state index is 13.1. The van der Waals surface area contributed by atoms with Gasteiger partial charge in [-0.2, -0.15) is 0 Å². The summed E-state index contributed by atoms with van der Waals surface area (Å²) in [7, 11) is 3.15. The van der Waals surface area contributed by atoms with Gasteiger partial charge in [0.25, 0.3) is 5.91 Å². The molecule has 0 bridgehead atoms. The standard InChI is InChI=1S/C22H25NO4/c1-26-16-7-8-17(19(14-16)27-2)21(25)23-11-9-22(10-12-23)18-6-4-3-5-15(18)13-20(22)24/h3-8,14,20,24H,9-13H2,1-2H3/t20-/m1/s1. The topological polar surface area (TPSA) is 59.0 Å². The molecule has 4 rings (SSSR count). The number of piperidine rings is 1. The third kappa shape index (κ3) is 2.86. The Morgan fingerprint density at radius 1 is 1.11 bits per heavy atom. The normalized spacial score (nSPS) is 20.4. The molecule has 27 heavy (non-hydrogen) atoms. The van der Waals surface area contributed by atoms with Crippen molar-refractivity contribution in [1.82, 2.24) is 4.90 Å². The number of hydrogen-bond acceptors (Lipinski definition) is 4. The first-order valence-electron chi connectivity index (χ1n) is 9.37. The average molecular weight is 367 g/mol. The van der Waals surface area contributed by atoms with Crippen LogP contribution in [0.4, 0.5) is 0 Å². The SMILES string of the molecule is COc1ccc(C(=O)N2CCC3(CC2)c2ccccc2C[C@H]3O)c(OC)c1. The number of carbonyl (C=O) groups is 1. The van der Waals surface area contributed by atoms with Crippen LogP contribution in [-0.2, 0) is 11.8 Å². The summed E-state index contributed by atoms with van der Waals surface area (Å²) in [5.41, 5.74) is 2.81. The molecule has 1 aliphatic carbocycles. The van der Waals surface area contributed by atoms with Crippen LogP contribution in [0.3, 0.4) is 0 Å². The molecule has 0 radical (unpaired) electrons. The van der Waals surface area contributed by atoms with Gasteiger partial charge < -0.3 is 19.5 Å². The monoisotopic (exact) mass is 367 g/mol. The van der Waals surface area contributed by atoms with Crippen LogP contribution in [0.5, 0.6) is 11.5 Å². The lowest BCUT2D eigenvalue weighted by molar-refractivity contribution is 0.0364. The van der Waals surface area contributed by atoms with Crippen LogP contribution in [0.2, 0.25) is 0 Å². The number of hydrogen-bond donors (Lipinski definition) is 1. The lowest BCUT2D eigenvalue weighted by Gasteiger charge is -2.42. The smallest absolute Gasteiger partial charge is 0.257 e. The summed E-state index contributed by atoms with van der Waals surface area (Å²) >= 11 is 0. The van der Waals surface area contributed by atoms with Gasteiger partial charge in [-0.1, -0.05) is 24.3 Å². The third-order valence-corrected chi connectivity index (χ3v) is 6.19. The van der Waals surface area contributed by atoms with Crippen molar-refractivity contribution in [2.24, 2.45) is 0 Å². The lowest BCUT2D eigenvalue weighted by Crippen LogP contribution is -2.49. The Labute approximate surface area is 159 Å². The molecule has 0 saturated carbocycles. The van der Waals surface area contributed by atoms with Crippen molar-refractivity contribution in [1.29, 1.82) is 0 Å². The number of aliphatic hydroxyl groups is 1. The van der Waals surface area contributed by atoms with Gasteiger partial charge in [0.15, 0.2) is 0 Å². The van der Waals surface area contributed by atoms with Gasteiger partial charge in [0.2, 0.25) is 0 Å². The molecular formula is C22H25NO4. The van der Waals surface area contributed by atoms with E-state index in [2.05, 4.69) is 12.1 Å². The number of ether oxygens (including phenoxy) is 2. The van der Waals surface area contributed by atoms with E-state index >= 15 is 0 Å². The quantitative estimate of drug-likeness (QED) is 0.906. The molecule has 1 N–H and O–H groups in total. The van der Waals surface area contributed by atoms with Gasteiger partial charge in [-0.3, -0.25) is 4.79 Å². The molecule has 0 unspecified atom stereocenters. The lowest BCUT2D eigenvalue weighted by atomic mass is 9.72. The van der Waals surface area contributed by atoms with Crippen LogP contribution in [0.25, 0.3) is 0 Å². The van der Waals surface area contributed by atoms with E-state index in [9.17, 15) is 9.90 Å². The fraction of sp³-hybridized carbons (Fsp3) is 0.409. The Morgan fingerprint density at radius 3 is 2.56 bits per heavy atom. The molecule has 1 spiro atoms. The van der Waals surface area contributed by atoms with E-state index in [4.69, 9.17) is 9.47 Å². The van der Waals surface area contributed by atoms with Gasteiger partial charge in [0, 0.05) is 24.6 Å². The van der Waals surface area contributed by atoms with Crippen LogP contribution in [0.15, 0.2) is 42.5 Å². The molecule has 1 fully saturated rings. The zero-order valence-corrected chi connectivity index (χ0v) is 15.8. The maximum atomic E-state index is 13.1. The van der Waals surface area contributed by atoms with Crippen molar-refractivity contribution in [3.63, 3.8) is 0 Å². The van der Waals surface area contributed by atoms with E-state index < -0.39 is 0 Å². The van der Waals surface area contributed by atoms with Gasteiger partial charge in [-0.15, -0.1) is 0 Å². The van der Waals surface area contributed by atoms with Crippen LogP contribution in [-0.4, -0.2) is 49.3 Å². The van der Waals surface area contributed by atoms with Crippen molar-refractivity contribution in [2.75, 3.05) is 27.3 Å². The highest BCUT2D eigenvalue weighted by molar-refractivity contribution is 5.97. The predicted molar refractivity (Wildman–Crippen MR) is 103 cm³/mol. The Balaban J connectivity index is 1.54. The minimum atomic E-state index is -0.373. The molecule has 1 amide bonds. The first kappa shape index (κ1) is 17.9. The molecule has 2 aromatic rings. The highest BCUT2D eigenvalue weighted by atomic mass is 16.5. The van der Waals surface area contributed by atoms with E-state index in [1.807, 2.05) is 17.0 Å². The second-order valence-corrected chi connectivity index (χ2v) is 7.39. The number of fused-ring (bicyclic) bond motifs is 2. The predicted octanol–water partition coefficient (Wildman–Crippen LogP) is 2.79. The Bertz CT molecular complexity index is 855. The number of likely N-dealkylation sites (tertiary alicyclic amines) is 1. The van der Waals surface area contributed by atoms with Crippen LogP contribution in [0, 0.1) is 0 Å². The second kappa shape index (κ2) is 6.89. The van der Waals surface area contributed by atoms with E-state index in [-0.39, 0.29) is 17.4 Å². The largest absolute Gasteiger partial charge is 0.497 e. The van der Waals surface area contributed by atoms with E-state index in [0.29, 0.717) is 36.6 Å². The Hall–Kier alpha value is -2.53. The summed E-state index contributed by atoms with van der Waals surface area (Å²) in [5, 5.41) is 10.8. The molecule has 5 heteroatoms. The number of carbonyl (C=O) groups excluding carboxylic acids is 1. The number of aliphatic hydroxyl groups excluding tert-OH is 1. The van der Waals surface area contributed by atoms with E-state index in [1.54, 1.807) is 32.4 Å². The highest BCUT2D eigenvalue weighted by Crippen LogP contribution is 2.46. The van der Waals surface area contributed by atoms with Crippen molar-refractivity contribution in [3.05, 3.63) is 59.2 Å². The average Bonchev–Trinajstić information content (AvgIpc) is 2.99. The van der Waals surface area contributed by atoms with Crippen molar-refractivity contribution in [2.45, 2.75) is 30.8 Å². The minimum absolute atomic E-state index is 0.0369. The van der Waals surface area contributed by atoms with E-state index in [0.717, 1.165) is 12.8 Å². The van der Waals surface area contributed by atoms with Gasteiger partial charge in [-0.05, 0) is 42.5 Å². The van der Waals surface area contributed by atoms with Gasteiger partial charge in [0.1, 0.15) is 11.5 Å². The first-order valence-corrected chi connectivity index (χ1v) is 9.37. The first-order chi connectivity index (χ1) is 13.1. The Morgan fingerprint density at radius 2 is 1.85 bits per heavy atom. The Kier molecular flexibility index (Phi) is 4.56. The molecule has 5 nitrogen and oxygen atoms in total. The zero-order valence-electron chi connectivity index (χ0n) is 15.8. The van der Waals surface area contributed by atoms with Crippen molar-refractivity contribution in [3.8, 4) is 11.5 Å². The molecule has 2 aliphatic rings. The summed E-state index contributed by atoms with van der Waals surface area (Å²) in [6.45, 7) is 1.25. The molecule has 1 heterocycles. The van der Waals surface area contributed by atoms with Gasteiger partial charge in [-0.25, -0.2) is 0 Å². The number of amides is 1. The minimum Gasteiger partial charge on any atom is -0.497 e.